The Morgan fingerprint density at radius 2 is 1.79 bits per heavy atom. The van der Waals surface area contributed by atoms with E-state index in [0.717, 1.165) is 0 Å². The van der Waals surface area contributed by atoms with Gasteiger partial charge in [-0.1, -0.05) is 12.1 Å². The number of nitrogens with one attached hydrogen (secondary N) is 3. The quantitative estimate of drug-likeness (QED) is 0.671. The van der Waals surface area contributed by atoms with E-state index in [9.17, 15) is 18.4 Å². The van der Waals surface area contributed by atoms with E-state index in [-0.39, 0.29) is 23.8 Å². The van der Waals surface area contributed by atoms with Crippen molar-refractivity contribution in [3.8, 4) is 5.75 Å². The van der Waals surface area contributed by atoms with Crippen LogP contribution in [0.3, 0.4) is 0 Å². The van der Waals surface area contributed by atoms with Crippen molar-refractivity contribution in [1.82, 2.24) is 9.97 Å². The number of rotatable bonds is 5. The molecule has 1 heterocycles. The van der Waals surface area contributed by atoms with Gasteiger partial charge in [0.05, 0.1) is 17.5 Å². The number of aromatic nitrogens is 2. The van der Waals surface area contributed by atoms with E-state index in [1.54, 1.807) is 30.3 Å². The number of carbonyl (C=O) groups excluding carboxylic acids is 1. The van der Waals surface area contributed by atoms with Crippen molar-refractivity contribution in [2.75, 3.05) is 5.32 Å². The highest BCUT2D eigenvalue weighted by atomic mass is 19.3. The van der Waals surface area contributed by atoms with Crippen molar-refractivity contribution in [3.63, 3.8) is 0 Å². The zero-order valence-corrected chi connectivity index (χ0v) is 12.3. The van der Waals surface area contributed by atoms with Crippen molar-refractivity contribution < 1.29 is 18.3 Å². The Morgan fingerprint density at radius 1 is 1.08 bits per heavy atom. The van der Waals surface area contributed by atoms with Gasteiger partial charge in [0.1, 0.15) is 5.75 Å². The lowest BCUT2D eigenvalue weighted by atomic mass is 10.1. The molecule has 24 heavy (non-hydrogen) atoms. The standard InChI is InChI=1S/C16H13F2N3O3/c17-15(18)24-11-4-1-9(2-5-11)7-14(22)19-10-3-6-12-13(8-10)21-16(23)20-12/h1-6,8,15H,7H2,(H,19,22)(H2,20,21,23). The smallest absolute Gasteiger partial charge is 0.387 e. The van der Waals surface area contributed by atoms with Crippen LogP contribution in [-0.4, -0.2) is 22.5 Å². The Bertz CT molecular complexity index is 916. The number of H-pyrrole nitrogens is 2. The van der Waals surface area contributed by atoms with E-state index in [1.807, 2.05) is 0 Å². The third kappa shape index (κ3) is 3.78. The highest BCUT2D eigenvalue weighted by Crippen LogP contribution is 2.17. The Kier molecular flexibility index (Phi) is 4.28. The number of alkyl halides is 2. The Morgan fingerprint density at radius 3 is 2.50 bits per heavy atom. The number of amides is 1. The van der Waals surface area contributed by atoms with E-state index in [0.29, 0.717) is 22.3 Å². The lowest BCUT2D eigenvalue weighted by molar-refractivity contribution is -0.115. The number of hydrogen-bond acceptors (Lipinski definition) is 3. The SMILES string of the molecule is O=C(Cc1ccc(OC(F)F)cc1)Nc1ccc2[nH]c(=O)[nH]c2c1. The summed E-state index contributed by atoms with van der Waals surface area (Å²) in [6.07, 6.45) is 0.0800. The molecule has 0 aliphatic carbocycles. The highest BCUT2D eigenvalue weighted by molar-refractivity contribution is 5.94. The van der Waals surface area contributed by atoms with Crippen LogP contribution in [0, 0.1) is 0 Å². The molecule has 3 rings (SSSR count). The van der Waals surface area contributed by atoms with Crippen molar-refractivity contribution in [2.24, 2.45) is 0 Å². The van der Waals surface area contributed by atoms with Crippen LogP contribution in [0.1, 0.15) is 5.56 Å². The third-order valence-electron chi connectivity index (χ3n) is 3.31. The second-order valence-electron chi connectivity index (χ2n) is 5.09. The summed E-state index contributed by atoms with van der Waals surface area (Å²) >= 11 is 0. The maximum absolute atomic E-state index is 12.1. The van der Waals surface area contributed by atoms with Crippen molar-refractivity contribution >= 4 is 22.6 Å². The molecule has 0 saturated heterocycles. The number of imidazole rings is 1. The Balaban J connectivity index is 1.64. The molecule has 0 spiro atoms. The van der Waals surface area contributed by atoms with E-state index in [1.165, 1.54) is 12.1 Å². The van der Waals surface area contributed by atoms with Gasteiger partial charge in [0.25, 0.3) is 0 Å². The highest BCUT2D eigenvalue weighted by Gasteiger charge is 2.08. The fraction of sp³-hybridized carbons (Fsp3) is 0.125. The van der Waals surface area contributed by atoms with E-state index >= 15 is 0 Å². The molecule has 6 nitrogen and oxygen atoms in total. The minimum Gasteiger partial charge on any atom is -0.435 e. The van der Waals surface area contributed by atoms with E-state index < -0.39 is 6.61 Å². The van der Waals surface area contributed by atoms with Crippen LogP contribution in [0.25, 0.3) is 11.0 Å². The molecule has 1 aromatic heterocycles. The fourth-order valence-electron chi connectivity index (χ4n) is 2.29. The third-order valence-corrected chi connectivity index (χ3v) is 3.31. The first-order chi connectivity index (χ1) is 11.5. The second kappa shape index (κ2) is 6.53. The molecule has 0 unspecified atom stereocenters. The van der Waals surface area contributed by atoms with Gasteiger partial charge in [-0.05, 0) is 35.9 Å². The van der Waals surface area contributed by atoms with Crippen LogP contribution in [0.15, 0.2) is 47.3 Å². The van der Waals surface area contributed by atoms with Crippen molar-refractivity contribution in [3.05, 3.63) is 58.5 Å². The van der Waals surface area contributed by atoms with Crippen LogP contribution in [0.5, 0.6) is 5.75 Å². The molecule has 0 radical (unpaired) electrons. The zero-order chi connectivity index (χ0) is 17.1. The largest absolute Gasteiger partial charge is 0.435 e. The topological polar surface area (TPSA) is 87.0 Å². The van der Waals surface area contributed by atoms with Crippen LogP contribution < -0.4 is 15.7 Å². The molecule has 3 aromatic rings. The average molecular weight is 333 g/mol. The van der Waals surface area contributed by atoms with Crippen LogP contribution >= 0.6 is 0 Å². The summed E-state index contributed by atoms with van der Waals surface area (Å²) in [5, 5.41) is 2.71. The maximum atomic E-state index is 12.1. The summed E-state index contributed by atoms with van der Waals surface area (Å²) in [5.41, 5.74) is 2.11. The summed E-state index contributed by atoms with van der Waals surface area (Å²) in [7, 11) is 0. The maximum Gasteiger partial charge on any atom is 0.387 e. The molecule has 0 bridgehead atoms. The van der Waals surface area contributed by atoms with Crippen LogP contribution in [-0.2, 0) is 11.2 Å². The second-order valence-corrected chi connectivity index (χ2v) is 5.09. The monoisotopic (exact) mass is 333 g/mol. The molecule has 0 fully saturated rings. The summed E-state index contributed by atoms with van der Waals surface area (Å²) < 4.78 is 28.4. The van der Waals surface area contributed by atoms with Gasteiger partial charge < -0.3 is 20.0 Å². The van der Waals surface area contributed by atoms with Gasteiger partial charge in [-0.2, -0.15) is 8.78 Å². The molecular formula is C16H13F2N3O3. The number of fused-ring (bicyclic) bond motifs is 1. The van der Waals surface area contributed by atoms with Gasteiger partial charge in [0.15, 0.2) is 0 Å². The van der Waals surface area contributed by atoms with Gasteiger partial charge in [-0.25, -0.2) is 4.79 Å². The van der Waals surface area contributed by atoms with Gasteiger partial charge >= 0.3 is 12.3 Å². The van der Waals surface area contributed by atoms with Gasteiger partial charge in [-0.15, -0.1) is 0 Å². The summed E-state index contributed by atoms with van der Waals surface area (Å²) in [4.78, 5) is 28.5. The first kappa shape index (κ1) is 15.7. The number of anilines is 1. The fourth-order valence-corrected chi connectivity index (χ4v) is 2.29. The molecule has 8 heteroatoms. The number of ether oxygens (including phenoxy) is 1. The first-order valence-corrected chi connectivity index (χ1v) is 7.05. The Hall–Kier alpha value is -3.16. The number of hydrogen-bond donors (Lipinski definition) is 3. The first-order valence-electron chi connectivity index (χ1n) is 7.05. The minimum atomic E-state index is -2.88. The molecule has 0 saturated carbocycles. The van der Waals surface area contributed by atoms with Crippen molar-refractivity contribution in [1.29, 1.82) is 0 Å². The van der Waals surface area contributed by atoms with Crippen molar-refractivity contribution in [2.45, 2.75) is 13.0 Å². The molecule has 0 aliphatic heterocycles. The number of carbonyl (C=O) groups is 1. The van der Waals surface area contributed by atoms with Gasteiger partial charge in [-0.3, -0.25) is 4.79 Å². The number of benzene rings is 2. The molecule has 0 atom stereocenters. The molecule has 1 amide bonds. The average Bonchev–Trinajstić information content (AvgIpc) is 2.88. The molecule has 2 aromatic carbocycles. The van der Waals surface area contributed by atoms with Crippen LogP contribution in [0.4, 0.5) is 14.5 Å². The molecule has 3 N–H and O–H groups in total. The molecule has 124 valence electrons. The summed E-state index contributed by atoms with van der Waals surface area (Å²) in [5.74, 6) is -0.231. The predicted molar refractivity (Wildman–Crippen MR) is 84.3 cm³/mol. The molecule has 0 aliphatic rings. The van der Waals surface area contributed by atoms with Gasteiger partial charge in [0.2, 0.25) is 5.91 Å². The number of aromatic amines is 2. The lowest BCUT2D eigenvalue weighted by Crippen LogP contribution is -2.14. The predicted octanol–water partition coefficient (Wildman–Crippen LogP) is 2.64. The normalized spacial score (nSPS) is 11.0. The summed E-state index contributed by atoms with van der Waals surface area (Å²) in [6, 6.07) is 10.8. The van der Waals surface area contributed by atoms with Gasteiger partial charge in [0, 0.05) is 5.69 Å². The van der Waals surface area contributed by atoms with Crippen LogP contribution in [0.2, 0.25) is 0 Å². The summed E-state index contributed by atoms with van der Waals surface area (Å²) in [6.45, 7) is -2.88. The minimum absolute atomic E-state index is 0.0380. The van der Waals surface area contributed by atoms with E-state index in [2.05, 4.69) is 20.0 Å². The zero-order valence-electron chi connectivity index (χ0n) is 12.3. The Labute approximate surface area is 134 Å². The van der Waals surface area contributed by atoms with E-state index in [4.69, 9.17) is 0 Å². The molecular weight excluding hydrogens is 320 g/mol. The number of halogens is 2. The lowest BCUT2D eigenvalue weighted by Gasteiger charge is -2.07.